The van der Waals surface area contributed by atoms with Crippen molar-refractivity contribution in [3.05, 3.63) is 35.9 Å². The molecule has 0 bridgehead atoms. The van der Waals surface area contributed by atoms with Crippen molar-refractivity contribution in [2.24, 2.45) is 10.8 Å². The Bertz CT molecular complexity index is 570. The highest BCUT2D eigenvalue weighted by Crippen LogP contribution is 2.62. The third-order valence-corrected chi connectivity index (χ3v) is 5.33. The summed E-state index contributed by atoms with van der Waals surface area (Å²) in [4.78, 5) is 23.5. The zero-order valence-corrected chi connectivity index (χ0v) is 13.2. The average Bonchev–Trinajstić information content (AvgIpc) is 3.00. The molecule has 1 spiro atoms. The van der Waals surface area contributed by atoms with Crippen LogP contribution in [-0.4, -0.2) is 23.7 Å². The zero-order chi connectivity index (χ0) is 16.3. The van der Waals surface area contributed by atoms with Gasteiger partial charge in [0, 0.05) is 6.54 Å². The average molecular weight is 317 g/mol. The minimum atomic E-state index is -0.809. The van der Waals surface area contributed by atoms with E-state index in [9.17, 15) is 14.7 Å². The molecule has 0 aliphatic heterocycles. The van der Waals surface area contributed by atoms with E-state index in [-0.39, 0.29) is 18.6 Å². The molecule has 1 amide bonds. The van der Waals surface area contributed by atoms with Crippen molar-refractivity contribution in [3.63, 3.8) is 0 Å². The molecule has 5 nitrogen and oxygen atoms in total. The lowest BCUT2D eigenvalue weighted by Gasteiger charge is -2.52. The second-order valence-electron chi connectivity index (χ2n) is 7.06. The van der Waals surface area contributed by atoms with Crippen molar-refractivity contribution in [2.45, 2.75) is 45.1 Å². The lowest BCUT2D eigenvalue weighted by molar-refractivity contribution is -0.165. The summed E-state index contributed by atoms with van der Waals surface area (Å²) in [5.41, 5.74) is 0.313. The molecule has 5 heteroatoms. The molecule has 124 valence electrons. The van der Waals surface area contributed by atoms with E-state index >= 15 is 0 Å². The fourth-order valence-corrected chi connectivity index (χ4v) is 4.23. The molecule has 1 aromatic rings. The van der Waals surface area contributed by atoms with E-state index in [0.29, 0.717) is 12.8 Å². The number of carboxylic acid groups (broad SMARTS) is 1. The number of carbonyl (C=O) groups is 2. The molecule has 23 heavy (non-hydrogen) atoms. The molecule has 0 radical (unpaired) electrons. The molecule has 0 aromatic heterocycles. The van der Waals surface area contributed by atoms with E-state index in [1.54, 1.807) is 0 Å². The van der Waals surface area contributed by atoms with Crippen LogP contribution in [0.1, 0.15) is 44.1 Å². The van der Waals surface area contributed by atoms with Gasteiger partial charge in [-0.05, 0) is 36.7 Å². The molecule has 2 saturated carbocycles. The quantitative estimate of drug-likeness (QED) is 0.873. The Morgan fingerprint density at radius 2 is 1.78 bits per heavy atom. The zero-order valence-electron chi connectivity index (χ0n) is 13.2. The summed E-state index contributed by atoms with van der Waals surface area (Å²) in [5.74, 6) is -0.807. The van der Waals surface area contributed by atoms with Crippen LogP contribution >= 0.6 is 0 Å². The second kappa shape index (κ2) is 6.22. The van der Waals surface area contributed by atoms with Gasteiger partial charge < -0.3 is 15.2 Å². The highest BCUT2D eigenvalue weighted by atomic mass is 16.5. The van der Waals surface area contributed by atoms with Crippen LogP contribution in [0.15, 0.2) is 30.3 Å². The van der Waals surface area contributed by atoms with Crippen molar-refractivity contribution in [3.8, 4) is 0 Å². The van der Waals surface area contributed by atoms with Crippen LogP contribution in [0.3, 0.4) is 0 Å². The minimum Gasteiger partial charge on any atom is -0.481 e. The number of aliphatic carboxylic acids is 1. The highest BCUT2D eigenvalue weighted by molar-refractivity contribution is 5.78. The number of hydrogen-bond acceptors (Lipinski definition) is 3. The Labute approximate surface area is 136 Å². The van der Waals surface area contributed by atoms with Gasteiger partial charge in [0.2, 0.25) is 0 Å². The number of benzene rings is 1. The van der Waals surface area contributed by atoms with Crippen molar-refractivity contribution in [1.82, 2.24) is 5.32 Å². The second-order valence-corrected chi connectivity index (χ2v) is 7.06. The summed E-state index contributed by atoms with van der Waals surface area (Å²) in [6.07, 6.45) is 5.44. The normalized spacial score (nSPS) is 20.7. The number of hydrogen-bond donors (Lipinski definition) is 2. The molecule has 0 unspecified atom stereocenters. The van der Waals surface area contributed by atoms with Crippen molar-refractivity contribution in [2.75, 3.05) is 6.54 Å². The number of rotatable bonds is 5. The van der Waals surface area contributed by atoms with Crippen LogP contribution in [0.5, 0.6) is 0 Å². The van der Waals surface area contributed by atoms with Crippen molar-refractivity contribution in [1.29, 1.82) is 0 Å². The first-order valence-electron chi connectivity index (χ1n) is 8.22. The van der Waals surface area contributed by atoms with Crippen molar-refractivity contribution < 1.29 is 19.4 Å². The molecule has 2 fully saturated rings. The maximum Gasteiger partial charge on any atom is 0.407 e. The molecular weight excluding hydrogens is 294 g/mol. The molecular formula is C18H23NO4. The maximum atomic E-state index is 11.8. The van der Waals surface area contributed by atoms with E-state index in [4.69, 9.17) is 4.74 Å². The number of ether oxygens (including phenoxy) is 1. The third kappa shape index (κ3) is 3.33. The van der Waals surface area contributed by atoms with Gasteiger partial charge >= 0.3 is 12.1 Å². The molecule has 1 aromatic carbocycles. The number of carboxylic acids is 1. The largest absolute Gasteiger partial charge is 0.481 e. The van der Waals surface area contributed by atoms with Crippen LogP contribution in [0, 0.1) is 10.8 Å². The summed E-state index contributed by atoms with van der Waals surface area (Å²) >= 11 is 0. The van der Waals surface area contributed by atoms with E-state index in [1.807, 2.05) is 30.3 Å². The molecule has 3 rings (SSSR count). The number of nitrogens with one attached hydrogen (secondary N) is 1. The van der Waals surface area contributed by atoms with Gasteiger partial charge in [-0.15, -0.1) is 0 Å². The number of carbonyl (C=O) groups excluding carboxylic acids is 1. The fourth-order valence-electron chi connectivity index (χ4n) is 4.23. The van der Waals surface area contributed by atoms with E-state index < -0.39 is 17.5 Å². The molecule has 2 aliphatic carbocycles. The van der Waals surface area contributed by atoms with Gasteiger partial charge in [-0.3, -0.25) is 4.79 Å². The Kier molecular flexibility index (Phi) is 4.28. The maximum absolute atomic E-state index is 11.8. The lowest BCUT2D eigenvalue weighted by Crippen LogP contribution is -2.56. The topological polar surface area (TPSA) is 75.6 Å². The molecule has 2 aliphatic rings. The smallest absolute Gasteiger partial charge is 0.407 e. The van der Waals surface area contributed by atoms with Gasteiger partial charge in [0.05, 0.1) is 5.41 Å². The van der Waals surface area contributed by atoms with Crippen LogP contribution in [0.25, 0.3) is 0 Å². The molecule has 0 saturated heterocycles. The SMILES string of the molecule is O=C(NCC1(C(=O)O)CC2(CCCC2)C1)OCc1ccccc1. The monoisotopic (exact) mass is 317 g/mol. The minimum absolute atomic E-state index is 0.151. The first-order chi connectivity index (χ1) is 11.0. The van der Waals surface area contributed by atoms with Gasteiger partial charge in [-0.1, -0.05) is 43.2 Å². The number of alkyl carbamates (subject to hydrolysis) is 1. The van der Waals surface area contributed by atoms with Gasteiger partial charge in [0.25, 0.3) is 0 Å². The summed E-state index contributed by atoms with van der Waals surface area (Å²) < 4.78 is 5.15. The first-order valence-corrected chi connectivity index (χ1v) is 8.22. The van der Waals surface area contributed by atoms with Crippen LogP contribution in [0.4, 0.5) is 4.79 Å². The Balaban J connectivity index is 1.48. The van der Waals surface area contributed by atoms with E-state index in [0.717, 1.165) is 18.4 Å². The van der Waals surface area contributed by atoms with Gasteiger partial charge in [-0.25, -0.2) is 4.79 Å². The summed E-state index contributed by atoms with van der Waals surface area (Å²) in [6, 6.07) is 9.41. The van der Waals surface area contributed by atoms with Gasteiger partial charge in [-0.2, -0.15) is 0 Å². The molecule has 2 N–H and O–H groups in total. The highest BCUT2D eigenvalue weighted by Gasteiger charge is 2.59. The standard InChI is InChI=1S/C18H23NO4/c20-15(21)18(11-17(12-18)8-4-5-9-17)13-19-16(22)23-10-14-6-2-1-3-7-14/h1-3,6-7H,4-5,8-13H2,(H,19,22)(H,20,21). The summed E-state index contributed by atoms with van der Waals surface area (Å²) in [5, 5.41) is 12.2. The molecule has 0 heterocycles. The lowest BCUT2D eigenvalue weighted by atomic mass is 9.52. The fraction of sp³-hybridized carbons (Fsp3) is 0.556. The first kappa shape index (κ1) is 15.8. The van der Waals surface area contributed by atoms with Gasteiger partial charge in [0.15, 0.2) is 0 Å². The van der Waals surface area contributed by atoms with Crippen LogP contribution < -0.4 is 5.32 Å². The van der Waals surface area contributed by atoms with E-state index in [2.05, 4.69) is 5.32 Å². The van der Waals surface area contributed by atoms with E-state index in [1.165, 1.54) is 12.8 Å². The molecule has 0 atom stereocenters. The summed E-state index contributed by atoms with van der Waals surface area (Å²) in [6.45, 7) is 0.342. The predicted octanol–water partition coefficient (Wildman–Crippen LogP) is 3.34. The van der Waals surface area contributed by atoms with Crippen LogP contribution in [0.2, 0.25) is 0 Å². The Morgan fingerprint density at radius 3 is 2.39 bits per heavy atom. The Hall–Kier alpha value is -2.04. The van der Waals surface area contributed by atoms with Gasteiger partial charge in [0.1, 0.15) is 6.61 Å². The third-order valence-electron chi connectivity index (χ3n) is 5.33. The van der Waals surface area contributed by atoms with Crippen molar-refractivity contribution >= 4 is 12.1 Å². The summed E-state index contributed by atoms with van der Waals surface area (Å²) in [7, 11) is 0. The Morgan fingerprint density at radius 1 is 1.13 bits per heavy atom. The predicted molar refractivity (Wildman–Crippen MR) is 84.8 cm³/mol. The van der Waals surface area contributed by atoms with Crippen LogP contribution in [-0.2, 0) is 16.1 Å². The number of amides is 1.